The molecule has 0 saturated carbocycles. The number of hydrogen-bond acceptors (Lipinski definition) is 4. The lowest BCUT2D eigenvalue weighted by Gasteiger charge is -2.38. The van der Waals surface area contributed by atoms with E-state index in [1.54, 1.807) is 6.07 Å². The highest BCUT2D eigenvalue weighted by molar-refractivity contribution is 5.70. The maximum Gasteiger partial charge on any atom is 0.167 e. The van der Waals surface area contributed by atoms with Crippen molar-refractivity contribution in [1.29, 1.82) is 0 Å². The number of nitrogens with two attached hydrogens (primary N) is 1. The number of nitrogens with zero attached hydrogens (tertiary/aromatic N) is 1. The van der Waals surface area contributed by atoms with Crippen molar-refractivity contribution in [2.75, 3.05) is 30.4 Å². The lowest BCUT2D eigenvalue weighted by atomic mass is 9.98. The molecule has 112 valence electrons. The van der Waals surface area contributed by atoms with Crippen molar-refractivity contribution in [1.82, 2.24) is 0 Å². The summed E-state index contributed by atoms with van der Waals surface area (Å²) in [5.74, 6) is -0.186. The number of hydrogen-bond donors (Lipinski definition) is 2. The van der Waals surface area contributed by atoms with Gasteiger partial charge in [-0.15, -0.1) is 0 Å². The maximum absolute atomic E-state index is 13.8. The molecule has 1 atom stereocenters. The summed E-state index contributed by atoms with van der Waals surface area (Å²) in [6.07, 6.45) is 3.98. The van der Waals surface area contributed by atoms with Crippen LogP contribution in [0.3, 0.4) is 0 Å². The number of piperidine rings is 1. The van der Waals surface area contributed by atoms with E-state index < -0.39 is 5.82 Å². The van der Waals surface area contributed by atoms with Gasteiger partial charge in [-0.3, -0.25) is 0 Å². The molecule has 1 aliphatic rings. The van der Waals surface area contributed by atoms with E-state index in [1.165, 1.54) is 6.07 Å². The number of benzene rings is 1. The molecule has 2 rings (SSSR count). The van der Waals surface area contributed by atoms with Crippen LogP contribution in [0, 0.1) is 5.82 Å². The molecule has 1 saturated heterocycles. The second-order valence-corrected chi connectivity index (χ2v) is 5.13. The largest absolute Gasteiger partial charge is 0.491 e. The summed E-state index contributed by atoms with van der Waals surface area (Å²) >= 11 is 0. The van der Waals surface area contributed by atoms with Gasteiger partial charge in [-0.25, -0.2) is 4.39 Å². The normalized spacial score (nSPS) is 19.1. The number of nitrogen functional groups attached to an aromatic ring is 1. The van der Waals surface area contributed by atoms with Gasteiger partial charge in [0.25, 0.3) is 0 Å². The number of ether oxygens (including phenoxy) is 1. The summed E-state index contributed by atoms with van der Waals surface area (Å²) in [6, 6.07) is 3.27. The molecule has 0 spiro atoms. The first kappa shape index (κ1) is 14.9. The molecule has 1 heterocycles. The molecule has 20 heavy (non-hydrogen) atoms. The summed E-state index contributed by atoms with van der Waals surface area (Å²) in [6.45, 7) is 3.28. The van der Waals surface area contributed by atoms with Gasteiger partial charge in [0.15, 0.2) is 11.6 Å². The van der Waals surface area contributed by atoms with Crippen molar-refractivity contribution in [2.24, 2.45) is 0 Å². The lowest BCUT2D eigenvalue weighted by molar-refractivity contribution is 0.262. The van der Waals surface area contributed by atoms with Crippen LogP contribution >= 0.6 is 0 Å². The first-order chi connectivity index (χ1) is 9.67. The Bertz CT molecular complexity index is 452. The summed E-state index contributed by atoms with van der Waals surface area (Å²) < 4.78 is 19.1. The molecule has 3 N–H and O–H groups in total. The van der Waals surface area contributed by atoms with E-state index in [2.05, 4.69) is 4.90 Å². The Hall–Kier alpha value is -1.49. The van der Waals surface area contributed by atoms with E-state index in [0.29, 0.717) is 18.7 Å². The summed E-state index contributed by atoms with van der Waals surface area (Å²) in [5.41, 5.74) is 7.22. The number of aliphatic hydroxyl groups is 1. The van der Waals surface area contributed by atoms with E-state index in [4.69, 9.17) is 10.5 Å². The average molecular weight is 282 g/mol. The van der Waals surface area contributed by atoms with Crippen molar-refractivity contribution in [3.05, 3.63) is 17.9 Å². The van der Waals surface area contributed by atoms with E-state index in [0.717, 1.165) is 31.5 Å². The zero-order valence-corrected chi connectivity index (χ0v) is 11.9. The monoisotopic (exact) mass is 282 g/mol. The molecule has 4 nitrogen and oxygen atoms in total. The Balaban J connectivity index is 2.31. The van der Waals surface area contributed by atoms with Gasteiger partial charge in [-0.05, 0) is 32.6 Å². The van der Waals surface area contributed by atoms with Gasteiger partial charge in [0.05, 0.1) is 18.0 Å². The highest BCUT2D eigenvalue weighted by atomic mass is 19.1. The fourth-order valence-corrected chi connectivity index (χ4v) is 2.84. The van der Waals surface area contributed by atoms with Crippen LogP contribution < -0.4 is 15.4 Å². The third-order valence-electron chi connectivity index (χ3n) is 3.78. The minimum Gasteiger partial charge on any atom is -0.491 e. The molecule has 1 aromatic carbocycles. The van der Waals surface area contributed by atoms with Crippen LogP contribution in [0.25, 0.3) is 0 Å². The van der Waals surface area contributed by atoms with Gasteiger partial charge >= 0.3 is 0 Å². The highest BCUT2D eigenvalue weighted by Crippen LogP contribution is 2.35. The van der Waals surface area contributed by atoms with Gasteiger partial charge in [-0.1, -0.05) is 0 Å². The Kier molecular flexibility index (Phi) is 5.06. The minimum atomic E-state index is -0.427. The smallest absolute Gasteiger partial charge is 0.167 e. The van der Waals surface area contributed by atoms with Gasteiger partial charge < -0.3 is 20.5 Å². The van der Waals surface area contributed by atoms with Gasteiger partial charge in [0, 0.05) is 31.3 Å². The molecule has 1 aliphatic heterocycles. The Morgan fingerprint density at radius 2 is 2.25 bits per heavy atom. The highest BCUT2D eigenvalue weighted by Gasteiger charge is 2.24. The Morgan fingerprint density at radius 1 is 1.45 bits per heavy atom. The number of rotatable bonds is 5. The van der Waals surface area contributed by atoms with Crippen LogP contribution in [0.1, 0.15) is 32.6 Å². The lowest BCUT2D eigenvalue weighted by Crippen LogP contribution is -2.40. The molecule has 0 aromatic heterocycles. The molecule has 0 aliphatic carbocycles. The summed E-state index contributed by atoms with van der Waals surface area (Å²) in [5, 5.41) is 9.19. The number of anilines is 2. The molecule has 0 radical (unpaired) electrons. The van der Waals surface area contributed by atoms with Crippen LogP contribution in [-0.2, 0) is 0 Å². The van der Waals surface area contributed by atoms with E-state index in [1.807, 2.05) is 6.92 Å². The van der Waals surface area contributed by atoms with Crippen LogP contribution in [-0.4, -0.2) is 30.9 Å². The SMILES string of the molecule is CCOc1cc(N2CCCCC2CCO)c(N)cc1F. The predicted octanol–water partition coefficient (Wildman–Crippen LogP) is 2.55. The van der Waals surface area contributed by atoms with Crippen molar-refractivity contribution in [2.45, 2.75) is 38.6 Å². The van der Waals surface area contributed by atoms with Crippen LogP contribution in [0.15, 0.2) is 12.1 Å². The molecule has 0 bridgehead atoms. The molecule has 1 aromatic rings. The zero-order chi connectivity index (χ0) is 14.5. The van der Waals surface area contributed by atoms with Gasteiger partial charge in [0.1, 0.15) is 0 Å². The fraction of sp³-hybridized carbons (Fsp3) is 0.600. The third-order valence-corrected chi connectivity index (χ3v) is 3.78. The Labute approximate surface area is 119 Å². The van der Waals surface area contributed by atoms with Gasteiger partial charge in [-0.2, -0.15) is 0 Å². The van der Waals surface area contributed by atoms with Gasteiger partial charge in [0.2, 0.25) is 0 Å². The number of aliphatic hydroxyl groups excluding tert-OH is 1. The van der Waals surface area contributed by atoms with Crippen molar-refractivity contribution in [3.8, 4) is 5.75 Å². The van der Waals surface area contributed by atoms with Crippen molar-refractivity contribution >= 4 is 11.4 Å². The van der Waals surface area contributed by atoms with Crippen LogP contribution in [0.4, 0.5) is 15.8 Å². The van der Waals surface area contributed by atoms with E-state index in [9.17, 15) is 9.50 Å². The second-order valence-electron chi connectivity index (χ2n) is 5.13. The van der Waals surface area contributed by atoms with E-state index in [-0.39, 0.29) is 18.4 Å². The summed E-state index contributed by atoms with van der Waals surface area (Å²) in [7, 11) is 0. The number of halogens is 1. The van der Waals surface area contributed by atoms with E-state index >= 15 is 0 Å². The van der Waals surface area contributed by atoms with Crippen LogP contribution in [0.2, 0.25) is 0 Å². The van der Waals surface area contributed by atoms with Crippen molar-refractivity contribution < 1.29 is 14.2 Å². The summed E-state index contributed by atoms with van der Waals surface area (Å²) in [4.78, 5) is 2.18. The van der Waals surface area contributed by atoms with Crippen LogP contribution in [0.5, 0.6) is 5.75 Å². The topological polar surface area (TPSA) is 58.7 Å². The molecule has 1 unspecified atom stereocenters. The average Bonchev–Trinajstić information content (AvgIpc) is 2.43. The minimum absolute atomic E-state index is 0.153. The quantitative estimate of drug-likeness (QED) is 0.815. The second kappa shape index (κ2) is 6.79. The molecular formula is C15H23FN2O2. The predicted molar refractivity (Wildman–Crippen MR) is 78.7 cm³/mol. The third kappa shape index (κ3) is 3.15. The molecular weight excluding hydrogens is 259 g/mol. The fourth-order valence-electron chi connectivity index (χ4n) is 2.84. The zero-order valence-electron chi connectivity index (χ0n) is 11.9. The first-order valence-corrected chi connectivity index (χ1v) is 7.26. The first-order valence-electron chi connectivity index (χ1n) is 7.26. The molecule has 1 fully saturated rings. The maximum atomic E-state index is 13.8. The standard InChI is InChI=1S/C15H23FN2O2/c1-2-20-15-10-14(13(17)9-12(15)16)18-7-4-3-5-11(18)6-8-19/h9-11,19H,2-8,17H2,1H3. The molecule has 0 amide bonds. The van der Waals surface area contributed by atoms with Crippen molar-refractivity contribution in [3.63, 3.8) is 0 Å². The molecule has 5 heteroatoms. The Morgan fingerprint density at radius 3 is 2.95 bits per heavy atom.